The summed E-state index contributed by atoms with van der Waals surface area (Å²) in [6.45, 7) is 4.21. The summed E-state index contributed by atoms with van der Waals surface area (Å²) in [7, 11) is 0. The Kier molecular flexibility index (Phi) is 5.53. The minimum absolute atomic E-state index is 0.849. The Balaban J connectivity index is 1.82. The molecule has 0 radical (unpaired) electrons. The summed E-state index contributed by atoms with van der Waals surface area (Å²) in [6, 6.07) is 8.41. The maximum Gasteiger partial charge on any atom is 0.0589 e. The maximum absolute atomic E-state index is 4.89. The summed E-state index contributed by atoms with van der Waals surface area (Å²) in [6.07, 6.45) is 11.7. The van der Waals surface area contributed by atoms with Gasteiger partial charge in [0.2, 0.25) is 0 Å². The molecule has 0 atom stereocenters. The van der Waals surface area contributed by atoms with Gasteiger partial charge >= 0.3 is 0 Å². The molecular formula is C23H22N4S. The van der Waals surface area contributed by atoms with Gasteiger partial charge in [0.05, 0.1) is 5.69 Å². The lowest BCUT2D eigenvalue weighted by molar-refractivity contribution is 0.874. The van der Waals surface area contributed by atoms with Crippen molar-refractivity contribution in [2.24, 2.45) is 0 Å². The van der Waals surface area contributed by atoms with E-state index < -0.39 is 0 Å². The molecule has 4 rings (SSSR count). The Labute approximate surface area is 169 Å². The monoisotopic (exact) mass is 386 g/mol. The Morgan fingerprint density at radius 1 is 0.857 bits per heavy atom. The van der Waals surface area contributed by atoms with Gasteiger partial charge in [0.25, 0.3) is 0 Å². The molecule has 4 nitrogen and oxygen atoms in total. The highest BCUT2D eigenvalue weighted by Gasteiger charge is 2.18. The van der Waals surface area contributed by atoms with E-state index in [0.717, 1.165) is 41.9 Å². The Morgan fingerprint density at radius 2 is 1.75 bits per heavy atom. The lowest BCUT2D eigenvalue weighted by atomic mass is 9.89. The molecule has 4 aromatic heterocycles. The van der Waals surface area contributed by atoms with E-state index in [1.165, 1.54) is 21.6 Å². The summed E-state index contributed by atoms with van der Waals surface area (Å²) in [5.74, 6) is 0. The predicted molar refractivity (Wildman–Crippen MR) is 114 cm³/mol. The van der Waals surface area contributed by atoms with Gasteiger partial charge < -0.3 is 0 Å². The van der Waals surface area contributed by atoms with Gasteiger partial charge in [-0.3, -0.25) is 19.9 Å². The van der Waals surface area contributed by atoms with E-state index >= 15 is 0 Å². The SMILES string of the molecule is Cc1nc(C)c(-c2cccnc2)c(CCc2cnccn2)c1Cc1cccs1. The van der Waals surface area contributed by atoms with Crippen LogP contribution < -0.4 is 0 Å². The molecule has 0 saturated carbocycles. The molecular weight excluding hydrogens is 364 g/mol. The molecule has 0 aliphatic rings. The molecule has 0 saturated heterocycles. The van der Waals surface area contributed by atoms with Crippen LogP contribution in [0.25, 0.3) is 11.1 Å². The maximum atomic E-state index is 4.89. The second kappa shape index (κ2) is 8.40. The van der Waals surface area contributed by atoms with Crippen molar-refractivity contribution < 1.29 is 0 Å². The lowest BCUT2D eigenvalue weighted by Gasteiger charge is -2.19. The molecule has 28 heavy (non-hydrogen) atoms. The molecule has 0 amide bonds. The van der Waals surface area contributed by atoms with Gasteiger partial charge in [-0.15, -0.1) is 11.3 Å². The van der Waals surface area contributed by atoms with Crippen LogP contribution in [0.5, 0.6) is 0 Å². The van der Waals surface area contributed by atoms with Gasteiger partial charge in [0.1, 0.15) is 0 Å². The topological polar surface area (TPSA) is 51.6 Å². The van der Waals surface area contributed by atoms with Crippen molar-refractivity contribution in [3.8, 4) is 11.1 Å². The van der Waals surface area contributed by atoms with E-state index in [1.807, 2.05) is 24.7 Å². The predicted octanol–water partition coefficient (Wildman–Crippen LogP) is 4.99. The smallest absolute Gasteiger partial charge is 0.0589 e. The van der Waals surface area contributed by atoms with Crippen LogP contribution in [0.15, 0.2) is 60.6 Å². The van der Waals surface area contributed by atoms with Crippen LogP contribution in [0.1, 0.15) is 33.1 Å². The van der Waals surface area contributed by atoms with Crippen LogP contribution in [-0.4, -0.2) is 19.9 Å². The third-order valence-electron chi connectivity index (χ3n) is 4.93. The number of rotatable bonds is 6. The van der Waals surface area contributed by atoms with Gasteiger partial charge in [-0.1, -0.05) is 12.1 Å². The molecule has 0 fully saturated rings. The number of hydrogen-bond acceptors (Lipinski definition) is 5. The minimum atomic E-state index is 0.849. The summed E-state index contributed by atoms with van der Waals surface area (Å²) < 4.78 is 0. The number of aromatic nitrogens is 4. The van der Waals surface area contributed by atoms with E-state index in [2.05, 4.69) is 52.4 Å². The zero-order valence-corrected chi connectivity index (χ0v) is 16.9. The second-order valence-electron chi connectivity index (χ2n) is 6.81. The second-order valence-corrected chi connectivity index (χ2v) is 7.84. The first-order chi connectivity index (χ1) is 13.7. The van der Waals surface area contributed by atoms with Gasteiger partial charge in [0.15, 0.2) is 0 Å². The van der Waals surface area contributed by atoms with Crippen LogP contribution >= 0.6 is 11.3 Å². The van der Waals surface area contributed by atoms with Gasteiger partial charge in [-0.2, -0.15) is 0 Å². The highest BCUT2D eigenvalue weighted by atomic mass is 32.1. The van der Waals surface area contributed by atoms with Crippen molar-refractivity contribution in [2.75, 3.05) is 0 Å². The molecule has 4 aromatic rings. The standard InChI is InChI=1S/C23H22N4S/c1-16-22(13-20-6-4-12-28-20)21(8-7-19-15-25-10-11-26-19)23(17(2)27-16)18-5-3-9-24-14-18/h3-6,9-12,14-15H,7-8,13H2,1-2H3. The van der Waals surface area contributed by atoms with Crippen molar-refractivity contribution in [1.82, 2.24) is 19.9 Å². The first kappa shape index (κ1) is 18.4. The van der Waals surface area contributed by atoms with Crippen LogP contribution in [0.3, 0.4) is 0 Å². The first-order valence-corrected chi connectivity index (χ1v) is 10.3. The van der Waals surface area contributed by atoms with Crippen LogP contribution in [-0.2, 0) is 19.3 Å². The molecule has 0 aliphatic carbocycles. The lowest BCUT2D eigenvalue weighted by Crippen LogP contribution is -2.08. The Bertz CT molecular complexity index is 1050. The van der Waals surface area contributed by atoms with Gasteiger partial charge in [-0.05, 0) is 55.3 Å². The number of thiophene rings is 1. The molecule has 0 unspecified atom stereocenters. The third kappa shape index (κ3) is 3.99. The molecule has 0 N–H and O–H groups in total. The number of nitrogens with zero attached hydrogens (tertiary/aromatic N) is 4. The summed E-state index contributed by atoms with van der Waals surface area (Å²) in [4.78, 5) is 19.3. The molecule has 0 aliphatic heterocycles. The number of pyridine rings is 2. The van der Waals surface area contributed by atoms with Crippen LogP contribution in [0.2, 0.25) is 0 Å². The summed E-state index contributed by atoms with van der Waals surface area (Å²) >= 11 is 1.79. The summed E-state index contributed by atoms with van der Waals surface area (Å²) in [5.41, 5.74) is 8.15. The van der Waals surface area contributed by atoms with Crippen molar-refractivity contribution in [1.29, 1.82) is 0 Å². The molecule has 0 bridgehead atoms. The quantitative estimate of drug-likeness (QED) is 0.468. The normalized spacial score (nSPS) is 10.9. The number of aryl methyl sites for hydroxylation is 3. The van der Waals surface area contributed by atoms with E-state index in [0.29, 0.717) is 0 Å². The number of hydrogen-bond donors (Lipinski definition) is 0. The van der Waals surface area contributed by atoms with Crippen molar-refractivity contribution in [3.63, 3.8) is 0 Å². The zero-order chi connectivity index (χ0) is 19.3. The highest BCUT2D eigenvalue weighted by molar-refractivity contribution is 7.09. The van der Waals surface area contributed by atoms with Gasteiger partial charge in [0, 0.05) is 64.8 Å². The Morgan fingerprint density at radius 3 is 2.46 bits per heavy atom. The fourth-order valence-electron chi connectivity index (χ4n) is 3.67. The molecule has 4 heterocycles. The Hall–Kier alpha value is -2.92. The fraction of sp³-hybridized carbons (Fsp3) is 0.217. The van der Waals surface area contributed by atoms with E-state index in [1.54, 1.807) is 23.7 Å². The minimum Gasteiger partial charge on any atom is -0.264 e. The van der Waals surface area contributed by atoms with E-state index in [9.17, 15) is 0 Å². The molecule has 0 spiro atoms. The first-order valence-electron chi connectivity index (χ1n) is 9.39. The average molecular weight is 387 g/mol. The average Bonchev–Trinajstić information content (AvgIpc) is 3.23. The van der Waals surface area contributed by atoms with Gasteiger partial charge in [-0.25, -0.2) is 0 Å². The zero-order valence-electron chi connectivity index (χ0n) is 16.1. The van der Waals surface area contributed by atoms with Crippen molar-refractivity contribution in [2.45, 2.75) is 33.1 Å². The molecule has 140 valence electrons. The third-order valence-corrected chi connectivity index (χ3v) is 5.81. The van der Waals surface area contributed by atoms with Crippen molar-refractivity contribution in [3.05, 3.63) is 93.7 Å². The van der Waals surface area contributed by atoms with E-state index in [4.69, 9.17) is 4.98 Å². The fourth-order valence-corrected chi connectivity index (χ4v) is 4.38. The summed E-state index contributed by atoms with van der Waals surface area (Å²) in [5, 5.41) is 2.13. The molecule has 0 aromatic carbocycles. The molecule has 5 heteroatoms. The van der Waals surface area contributed by atoms with Crippen LogP contribution in [0, 0.1) is 13.8 Å². The van der Waals surface area contributed by atoms with Crippen LogP contribution in [0.4, 0.5) is 0 Å². The van der Waals surface area contributed by atoms with E-state index in [-0.39, 0.29) is 0 Å². The largest absolute Gasteiger partial charge is 0.264 e. The highest BCUT2D eigenvalue weighted by Crippen LogP contribution is 2.32. The van der Waals surface area contributed by atoms with Crippen molar-refractivity contribution >= 4 is 11.3 Å².